The molecule has 1 rings (SSSR count). The van der Waals surface area contributed by atoms with Gasteiger partial charge in [-0.2, -0.15) is 0 Å². The smallest absolute Gasteiger partial charge is 0.0465 e. The van der Waals surface area contributed by atoms with Gasteiger partial charge in [0.2, 0.25) is 0 Å². The minimum absolute atomic E-state index is 0.242. The summed E-state index contributed by atoms with van der Waals surface area (Å²) in [5.74, 6) is 2.68. The summed E-state index contributed by atoms with van der Waals surface area (Å²) >= 11 is 9.67. The minimum Gasteiger partial charge on any atom is -0.310 e. The molecule has 0 aliphatic carbocycles. The quantitative estimate of drug-likeness (QED) is 0.759. The summed E-state index contributed by atoms with van der Waals surface area (Å²) in [7, 11) is 0. The van der Waals surface area contributed by atoms with Crippen LogP contribution in [0, 0.1) is 12.3 Å². The summed E-state index contributed by atoms with van der Waals surface area (Å²) in [5, 5.41) is 4.27. The molecule has 1 aromatic rings. The zero-order valence-electron chi connectivity index (χ0n) is 9.97. The fourth-order valence-electron chi connectivity index (χ4n) is 1.70. The molecule has 0 amide bonds. The second-order valence-corrected chi connectivity index (χ2v) is 5.24. The van der Waals surface area contributed by atoms with Gasteiger partial charge in [0.25, 0.3) is 0 Å². The average molecular weight is 315 g/mol. The van der Waals surface area contributed by atoms with Crippen LogP contribution in [0.1, 0.15) is 37.8 Å². The van der Waals surface area contributed by atoms with Crippen molar-refractivity contribution >= 4 is 27.5 Å². The minimum atomic E-state index is 0.242. The summed E-state index contributed by atoms with van der Waals surface area (Å²) in [6.07, 6.45) is 8.10. The Morgan fingerprint density at radius 3 is 2.88 bits per heavy atom. The van der Waals surface area contributed by atoms with Crippen LogP contribution in [0.15, 0.2) is 22.7 Å². The first-order valence-corrected chi connectivity index (χ1v) is 6.98. The van der Waals surface area contributed by atoms with Crippen LogP contribution in [0.25, 0.3) is 0 Å². The van der Waals surface area contributed by atoms with E-state index >= 15 is 0 Å². The lowest BCUT2D eigenvalue weighted by Gasteiger charge is -2.19. The topological polar surface area (TPSA) is 12.0 Å². The van der Waals surface area contributed by atoms with Crippen molar-refractivity contribution in [3.8, 4) is 12.3 Å². The lowest BCUT2D eigenvalue weighted by molar-refractivity contribution is 0.506. The monoisotopic (exact) mass is 313 g/mol. The van der Waals surface area contributed by atoms with Crippen LogP contribution in [-0.2, 0) is 0 Å². The highest BCUT2D eigenvalue weighted by Gasteiger charge is 2.13. The third-order valence-corrected chi connectivity index (χ3v) is 3.38. The van der Waals surface area contributed by atoms with Gasteiger partial charge in [-0.15, -0.1) is 12.3 Å². The molecule has 0 saturated heterocycles. The van der Waals surface area contributed by atoms with Crippen LogP contribution in [0.3, 0.4) is 0 Å². The molecule has 0 radical (unpaired) electrons. The summed E-state index contributed by atoms with van der Waals surface area (Å²) in [6, 6.07) is 6.23. The molecule has 1 atom stereocenters. The molecule has 0 heterocycles. The maximum Gasteiger partial charge on any atom is 0.0465 e. The van der Waals surface area contributed by atoms with Crippen molar-refractivity contribution in [2.75, 3.05) is 6.54 Å². The Kier molecular flexibility index (Phi) is 6.65. The molecule has 0 aliphatic rings. The Balaban J connectivity index is 2.83. The lowest BCUT2D eigenvalue weighted by Crippen LogP contribution is -2.22. The maximum atomic E-state index is 6.26. The summed E-state index contributed by atoms with van der Waals surface area (Å²) in [5.41, 5.74) is 1.12. The second kappa shape index (κ2) is 7.76. The second-order valence-electron chi connectivity index (χ2n) is 3.92. The molecule has 17 heavy (non-hydrogen) atoms. The van der Waals surface area contributed by atoms with Crippen molar-refractivity contribution in [2.45, 2.75) is 32.2 Å². The van der Waals surface area contributed by atoms with E-state index in [9.17, 15) is 0 Å². The van der Waals surface area contributed by atoms with E-state index in [1.807, 2.05) is 12.1 Å². The van der Waals surface area contributed by atoms with Gasteiger partial charge in [-0.05, 0) is 37.1 Å². The number of hydrogen-bond acceptors (Lipinski definition) is 1. The lowest BCUT2D eigenvalue weighted by atomic mass is 10.0. The highest BCUT2D eigenvalue weighted by Crippen LogP contribution is 2.28. The molecule has 0 bridgehead atoms. The Morgan fingerprint density at radius 1 is 1.53 bits per heavy atom. The average Bonchev–Trinajstić information content (AvgIpc) is 2.30. The first-order valence-electron chi connectivity index (χ1n) is 5.80. The molecule has 3 heteroatoms. The Morgan fingerprint density at radius 2 is 2.29 bits per heavy atom. The van der Waals surface area contributed by atoms with Crippen LogP contribution in [0.2, 0.25) is 5.02 Å². The van der Waals surface area contributed by atoms with E-state index in [1.54, 1.807) is 0 Å². The third kappa shape index (κ3) is 4.71. The van der Waals surface area contributed by atoms with E-state index in [-0.39, 0.29) is 6.04 Å². The fourth-order valence-corrected chi connectivity index (χ4v) is 2.50. The number of halogens is 2. The number of rotatable bonds is 6. The zero-order valence-corrected chi connectivity index (χ0v) is 12.3. The molecule has 0 fully saturated rings. The van der Waals surface area contributed by atoms with E-state index in [4.69, 9.17) is 18.0 Å². The van der Waals surface area contributed by atoms with Crippen LogP contribution in [0.5, 0.6) is 0 Å². The summed E-state index contributed by atoms with van der Waals surface area (Å²) in [6.45, 7) is 3.12. The van der Waals surface area contributed by atoms with E-state index in [0.717, 1.165) is 40.9 Å². The largest absolute Gasteiger partial charge is 0.310 e. The number of hydrogen-bond donors (Lipinski definition) is 1. The molecular formula is C14H17BrClN. The van der Waals surface area contributed by atoms with Gasteiger partial charge >= 0.3 is 0 Å². The number of benzene rings is 1. The molecule has 0 aliphatic heterocycles. The summed E-state index contributed by atoms with van der Waals surface area (Å²) < 4.78 is 0.998. The molecule has 1 unspecified atom stereocenters. The van der Waals surface area contributed by atoms with Crippen molar-refractivity contribution in [1.29, 1.82) is 0 Å². The van der Waals surface area contributed by atoms with Crippen LogP contribution >= 0.6 is 27.5 Å². The van der Waals surface area contributed by atoms with Gasteiger partial charge in [-0.3, -0.25) is 0 Å². The number of nitrogens with one attached hydrogen (secondary N) is 1. The SMILES string of the molecule is C#CCCC(NCCC)c1ccc(Br)cc1Cl. The molecule has 92 valence electrons. The fraction of sp³-hybridized carbons (Fsp3) is 0.429. The summed E-state index contributed by atoms with van der Waals surface area (Å²) in [4.78, 5) is 0. The molecule has 1 N–H and O–H groups in total. The third-order valence-electron chi connectivity index (χ3n) is 2.56. The predicted octanol–water partition coefficient (Wildman–Crippen LogP) is 4.56. The van der Waals surface area contributed by atoms with E-state index in [0.29, 0.717) is 0 Å². The van der Waals surface area contributed by atoms with Crippen molar-refractivity contribution in [1.82, 2.24) is 5.32 Å². The molecule has 0 aromatic heterocycles. The molecule has 1 aromatic carbocycles. The Hall–Kier alpha value is -0.490. The van der Waals surface area contributed by atoms with Crippen molar-refractivity contribution in [3.63, 3.8) is 0 Å². The molecule has 1 nitrogen and oxygen atoms in total. The normalized spacial score (nSPS) is 12.1. The van der Waals surface area contributed by atoms with E-state index in [2.05, 4.69) is 40.2 Å². The van der Waals surface area contributed by atoms with Gasteiger partial charge < -0.3 is 5.32 Å². The maximum absolute atomic E-state index is 6.26. The highest BCUT2D eigenvalue weighted by molar-refractivity contribution is 9.10. The van der Waals surface area contributed by atoms with Gasteiger partial charge in [0.05, 0.1) is 0 Å². The van der Waals surface area contributed by atoms with Crippen LogP contribution in [0.4, 0.5) is 0 Å². The van der Waals surface area contributed by atoms with Gasteiger partial charge in [0.1, 0.15) is 0 Å². The Labute approximate surface area is 117 Å². The van der Waals surface area contributed by atoms with Crippen LogP contribution < -0.4 is 5.32 Å². The van der Waals surface area contributed by atoms with E-state index < -0.39 is 0 Å². The first-order chi connectivity index (χ1) is 8.19. The zero-order chi connectivity index (χ0) is 12.7. The van der Waals surface area contributed by atoms with Gasteiger partial charge in [0, 0.05) is 22.0 Å². The molecular weight excluding hydrogens is 298 g/mol. The van der Waals surface area contributed by atoms with Gasteiger partial charge in [-0.1, -0.05) is 40.5 Å². The Bertz CT molecular complexity index is 398. The predicted molar refractivity (Wildman–Crippen MR) is 78.3 cm³/mol. The van der Waals surface area contributed by atoms with Gasteiger partial charge in [-0.25, -0.2) is 0 Å². The molecule has 0 spiro atoms. The van der Waals surface area contributed by atoms with Crippen molar-refractivity contribution < 1.29 is 0 Å². The van der Waals surface area contributed by atoms with Crippen molar-refractivity contribution in [3.05, 3.63) is 33.3 Å². The van der Waals surface area contributed by atoms with Crippen LogP contribution in [-0.4, -0.2) is 6.54 Å². The van der Waals surface area contributed by atoms with Gasteiger partial charge in [0.15, 0.2) is 0 Å². The first kappa shape index (κ1) is 14.6. The van der Waals surface area contributed by atoms with E-state index in [1.165, 1.54) is 0 Å². The standard InChI is InChI=1S/C14H17BrClN/c1-3-5-6-14(17-9-4-2)12-8-7-11(15)10-13(12)16/h1,7-8,10,14,17H,4-6,9H2,2H3. The number of terminal acetylenes is 1. The van der Waals surface area contributed by atoms with Crippen molar-refractivity contribution in [2.24, 2.45) is 0 Å². The molecule has 0 saturated carbocycles. The highest BCUT2D eigenvalue weighted by atomic mass is 79.9.